The Balaban J connectivity index is 3.20. The van der Waals surface area contributed by atoms with E-state index in [1.807, 2.05) is 19.9 Å². The van der Waals surface area contributed by atoms with Crippen LogP contribution < -0.4 is 0 Å². The van der Waals surface area contributed by atoms with Crippen LogP contribution in [-0.4, -0.2) is 26.3 Å². The van der Waals surface area contributed by atoms with Crippen LogP contribution in [-0.2, 0) is 23.1 Å². The Bertz CT molecular complexity index is 532. The van der Waals surface area contributed by atoms with Crippen LogP contribution in [0.3, 0.4) is 0 Å². The molecule has 1 atom stereocenters. The van der Waals surface area contributed by atoms with Gasteiger partial charge in [0.2, 0.25) is 0 Å². The Morgan fingerprint density at radius 2 is 1.72 bits per heavy atom. The van der Waals surface area contributed by atoms with Crippen molar-refractivity contribution in [3.8, 4) is 0 Å². The van der Waals surface area contributed by atoms with Gasteiger partial charge in [0.1, 0.15) is 0 Å². The van der Waals surface area contributed by atoms with Gasteiger partial charge in [-0.05, 0) is 45.1 Å². The molecule has 6 heteroatoms. The topological polar surface area (TPSA) is 61.8 Å². The number of carbonyl (C=O) groups excluding carboxylic acids is 1. The molecule has 25 heavy (non-hydrogen) atoms. The van der Waals surface area contributed by atoms with E-state index >= 15 is 0 Å². The highest BCUT2D eigenvalue weighted by Gasteiger charge is 2.40. The molecule has 0 amide bonds. The van der Waals surface area contributed by atoms with Gasteiger partial charge in [0, 0.05) is 0 Å². The van der Waals surface area contributed by atoms with Crippen LogP contribution in [0.5, 0.6) is 0 Å². The SMILES string of the molecule is CCCCOP(=O)(OCCCC)C1=CCCC(C(=O)OC)C1=C(C)C. The van der Waals surface area contributed by atoms with Gasteiger partial charge in [-0.25, -0.2) is 0 Å². The van der Waals surface area contributed by atoms with E-state index in [2.05, 4.69) is 13.8 Å². The van der Waals surface area contributed by atoms with Crippen LogP contribution in [0, 0.1) is 5.92 Å². The highest BCUT2D eigenvalue weighted by atomic mass is 31.2. The molecule has 0 heterocycles. The molecular formula is C19H33O5P. The zero-order valence-corrected chi connectivity index (χ0v) is 17.2. The second kappa shape index (κ2) is 10.9. The summed E-state index contributed by atoms with van der Waals surface area (Å²) in [6.07, 6.45) is 6.77. The van der Waals surface area contributed by atoms with Crippen molar-refractivity contribution in [1.29, 1.82) is 0 Å². The van der Waals surface area contributed by atoms with Crippen molar-refractivity contribution >= 4 is 13.6 Å². The summed E-state index contributed by atoms with van der Waals surface area (Å²) in [6, 6.07) is 0. The van der Waals surface area contributed by atoms with Crippen LogP contribution in [0.4, 0.5) is 0 Å². The van der Waals surface area contributed by atoms with E-state index in [4.69, 9.17) is 13.8 Å². The molecule has 0 aromatic carbocycles. The summed E-state index contributed by atoms with van der Waals surface area (Å²) in [5, 5.41) is 0.557. The highest BCUT2D eigenvalue weighted by Crippen LogP contribution is 2.62. The lowest BCUT2D eigenvalue weighted by atomic mass is 9.86. The Kier molecular flexibility index (Phi) is 9.70. The van der Waals surface area contributed by atoms with Crippen LogP contribution in [0.1, 0.15) is 66.2 Å². The molecular weight excluding hydrogens is 339 g/mol. The number of esters is 1. The molecule has 1 rings (SSSR count). The van der Waals surface area contributed by atoms with E-state index in [1.54, 1.807) is 0 Å². The highest BCUT2D eigenvalue weighted by molar-refractivity contribution is 7.58. The predicted molar refractivity (Wildman–Crippen MR) is 101 cm³/mol. The number of rotatable bonds is 10. The number of methoxy groups -OCH3 is 1. The molecule has 0 aliphatic heterocycles. The number of unbranched alkanes of at least 4 members (excludes halogenated alkanes) is 2. The zero-order valence-electron chi connectivity index (χ0n) is 16.3. The maximum atomic E-state index is 13.6. The average Bonchev–Trinajstić information content (AvgIpc) is 2.60. The van der Waals surface area contributed by atoms with Gasteiger partial charge in [-0.3, -0.25) is 9.36 Å². The molecule has 0 fully saturated rings. The fourth-order valence-electron chi connectivity index (χ4n) is 2.90. The third-order valence-electron chi connectivity index (χ3n) is 4.26. The standard InChI is InChI=1S/C19H33O5P/c1-6-8-13-23-25(21,24-14-9-7-2)17-12-10-11-16(19(20)22-5)18(17)15(3)4/h12,16H,6-11,13-14H2,1-5H3. The minimum absolute atomic E-state index is 0.296. The Morgan fingerprint density at radius 3 is 2.16 bits per heavy atom. The fourth-order valence-corrected chi connectivity index (χ4v) is 5.01. The van der Waals surface area contributed by atoms with Gasteiger partial charge in [0.15, 0.2) is 0 Å². The molecule has 0 radical (unpaired) electrons. The Hall–Kier alpha value is -0.900. The van der Waals surface area contributed by atoms with Crippen molar-refractivity contribution in [2.24, 2.45) is 5.92 Å². The lowest BCUT2D eigenvalue weighted by Crippen LogP contribution is -2.23. The molecule has 0 bridgehead atoms. The number of hydrogen-bond donors (Lipinski definition) is 0. The molecule has 0 saturated carbocycles. The zero-order chi connectivity index (χ0) is 18.9. The molecule has 0 aromatic rings. The predicted octanol–water partition coefficient (Wildman–Crippen LogP) is 5.62. The smallest absolute Gasteiger partial charge is 0.361 e. The molecule has 0 N–H and O–H groups in total. The molecule has 0 spiro atoms. The molecule has 144 valence electrons. The molecule has 1 aliphatic carbocycles. The van der Waals surface area contributed by atoms with Crippen LogP contribution in [0.2, 0.25) is 0 Å². The first-order chi connectivity index (χ1) is 11.9. The first-order valence-electron chi connectivity index (χ1n) is 9.26. The third-order valence-corrected chi connectivity index (χ3v) is 6.31. The van der Waals surface area contributed by atoms with E-state index in [0.29, 0.717) is 31.4 Å². The monoisotopic (exact) mass is 372 g/mol. The quantitative estimate of drug-likeness (QED) is 0.283. The summed E-state index contributed by atoms with van der Waals surface area (Å²) in [4.78, 5) is 12.2. The van der Waals surface area contributed by atoms with E-state index < -0.39 is 13.5 Å². The van der Waals surface area contributed by atoms with Gasteiger partial charge in [0.25, 0.3) is 0 Å². The maximum absolute atomic E-state index is 13.6. The summed E-state index contributed by atoms with van der Waals surface area (Å²) >= 11 is 0. The molecule has 1 aliphatic rings. The molecule has 0 saturated heterocycles. The number of carbonyl (C=O) groups is 1. The minimum atomic E-state index is -3.46. The molecule has 1 unspecified atom stereocenters. The van der Waals surface area contributed by atoms with Crippen molar-refractivity contribution in [3.63, 3.8) is 0 Å². The number of ether oxygens (including phenoxy) is 1. The van der Waals surface area contributed by atoms with Crippen molar-refractivity contribution in [3.05, 3.63) is 22.5 Å². The average molecular weight is 372 g/mol. The maximum Gasteiger partial charge on any atom is 0.361 e. The lowest BCUT2D eigenvalue weighted by Gasteiger charge is -2.30. The van der Waals surface area contributed by atoms with E-state index in [9.17, 15) is 9.36 Å². The fraction of sp³-hybridized carbons (Fsp3) is 0.737. The largest absolute Gasteiger partial charge is 0.469 e. The summed E-state index contributed by atoms with van der Waals surface area (Å²) in [5.41, 5.74) is 1.70. The van der Waals surface area contributed by atoms with Crippen molar-refractivity contribution < 1.29 is 23.1 Å². The van der Waals surface area contributed by atoms with Gasteiger partial charge in [0.05, 0.1) is 31.6 Å². The second-order valence-corrected chi connectivity index (χ2v) is 8.52. The number of allylic oxidation sites excluding steroid dienone is 3. The van der Waals surface area contributed by atoms with Gasteiger partial charge >= 0.3 is 13.6 Å². The van der Waals surface area contributed by atoms with Gasteiger partial charge in [-0.15, -0.1) is 0 Å². The first kappa shape index (κ1) is 22.1. The van der Waals surface area contributed by atoms with E-state index in [-0.39, 0.29) is 5.97 Å². The summed E-state index contributed by atoms with van der Waals surface area (Å²) in [6.45, 7) is 8.73. The lowest BCUT2D eigenvalue weighted by molar-refractivity contribution is -0.144. The first-order valence-corrected chi connectivity index (χ1v) is 10.8. The third kappa shape index (κ3) is 6.09. The second-order valence-electron chi connectivity index (χ2n) is 6.53. The van der Waals surface area contributed by atoms with Crippen LogP contribution in [0.15, 0.2) is 22.5 Å². The summed E-state index contributed by atoms with van der Waals surface area (Å²) in [5.74, 6) is -0.705. The van der Waals surface area contributed by atoms with Gasteiger partial charge in [-0.2, -0.15) is 0 Å². The van der Waals surface area contributed by atoms with E-state index in [0.717, 1.165) is 36.8 Å². The van der Waals surface area contributed by atoms with Crippen LogP contribution >= 0.6 is 7.60 Å². The Morgan fingerprint density at radius 1 is 1.16 bits per heavy atom. The van der Waals surface area contributed by atoms with Gasteiger partial charge in [-0.1, -0.05) is 38.3 Å². The Labute approximate surface area is 152 Å². The minimum Gasteiger partial charge on any atom is -0.469 e. The summed E-state index contributed by atoms with van der Waals surface area (Å²) in [7, 11) is -2.07. The molecule has 0 aromatic heterocycles. The normalized spacial score (nSPS) is 18.0. The van der Waals surface area contributed by atoms with Gasteiger partial charge < -0.3 is 13.8 Å². The van der Waals surface area contributed by atoms with Crippen LogP contribution in [0.25, 0.3) is 0 Å². The summed E-state index contributed by atoms with van der Waals surface area (Å²) < 4.78 is 30.1. The van der Waals surface area contributed by atoms with E-state index in [1.165, 1.54) is 7.11 Å². The van der Waals surface area contributed by atoms with Crippen molar-refractivity contribution in [2.45, 2.75) is 66.2 Å². The van der Waals surface area contributed by atoms with Crippen molar-refractivity contribution in [1.82, 2.24) is 0 Å². The van der Waals surface area contributed by atoms with Crippen molar-refractivity contribution in [2.75, 3.05) is 20.3 Å². The molecule has 5 nitrogen and oxygen atoms in total. The number of hydrogen-bond acceptors (Lipinski definition) is 5.